The summed E-state index contributed by atoms with van der Waals surface area (Å²) in [5, 5.41) is 9.23. The molecule has 0 saturated heterocycles. The van der Waals surface area contributed by atoms with E-state index in [1.807, 2.05) is 26.8 Å². The van der Waals surface area contributed by atoms with Crippen molar-refractivity contribution in [2.75, 3.05) is 0 Å². The van der Waals surface area contributed by atoms with Crippen LogP contribution >= 0.6 is 0 Å². The topological polar surface area (TPSA) is 37.3 Å². The number of allylic oxidation sites excluding steroid dienone is 3. The second-order valence-electron chi connectivity index (χ2n) is 7.00. The van der Waals surface area contributed by atoms with Crippen molar-refractivity contribution in [1.29, 1.82) is 0 Å². The summed E-state index contributed by atoms with van der Waals surface area (Å²) in [7, 11) is 0. The summed E-state index contributed by atoms with van der Waals surface area (Å²) in [6.07, 6.45) is 3.62. The lowest BCUT2D eigenvalue weighted by Crippen LogP contribution is -2.36. The Morgan fingerprint density at radius 2 is 1.76 bits per heavy atom. The summed E-state index contributed by atoms with van der Waals surface area (Å²) in [6.45, 7) is 12.4. The first-order chi connectivity index (χ1) is 7.57. The molecule has 2 nitrogen and oxygen atoms in total. The molecule has 96 valence electrons. The highest BCUT2D eigenvalue weighted by atomic mass is 16.2. The van der Waals surface area contributed by atoms with Gasteiger partial charge < -0.3 is 5.11 Å². The van der Waals surface area contributed by atoms with Gasteiger partial charge in [0.1, 0.15) is 0 Å². The van der Waals surface area contributed by atoms with E-state index in [0.717, 1.165) is 17.4 Å². The van der Waals surface area contributed by atoms with Gasteiger partial charge in [-0.05, 0) is 28.9 Å². The molecular weight excluding hydrogens is 212 g/mol. The Morgan fingerprint density at radius 1 is 1.24 bits per heavy atom. The van der Waals surface area contributed by atoms with Gasteiger partial charge in [0.05, 0.1) is 6.26 Å². The second-order valence-corrected chi connectivity index (χ2v) is 7.00. The van der Waals surface area contributed by atoms with Gasteiger partial charge in [-0.15, -0.1) is 0 Å². The summed E-state index contributed by atoms with van der Waals surface area (Å²) < 4.78 is 0. The third-order valence-corrected chi connectivity index (χ3v) is 3.37. The molecule has 0 spiro atoms. The van der Waals surface area contributed by atoms with Crippen LogP contribution in [-0.4, -0.2) is 10.9 Å². The minimum absolute atomic E-state index is 0.0416. The van der Waals surface area contributed by atoms with Crippen LogP contribution in [-0.2, 0) is 4.79 Å². The standard InChI is InChI=1S/C15H24O2/c1-14(2,3)11-7-10(9-16)8-12(13(11)17)15(4,5)6/h7,9,12,16H,8H2,1-6H3. The average molecular weight is 236 g/mol. The predicted molar refractivity (Wildman–Crippen MR) is 70.8 cm³/mol. The fourth-order valence-corrected chi connectivity index (χ4v) is 2.21. The molecule has 2 heteroatoms. The first kappa shape index (κ1) is 14.0. The van der Waals surface area contributed by atoms with Crippen LogP contribution in [0.2, 0.25) is 0 Å². The fraction of sp³-hybridized carbons (Fsp3) is 0.667. The molecule has 0 bridgehead atoms. The number of hydrogen-bond acceptors (Lipinski definition) is 2. The van der Waals surface area contributed by atoms with Gasteiger partial charge in [0.25, 0.3) is 0 Å². The third kappa shape index (κ3) is 2.99. The summed E-state index contributed by atoms with van der Waals surface area (Å²) >= 11 is 0. The van der Waals surface area contributed by atoms with Gasteiger partial charge in [-0.1, -0.05) is 41.5 Å². The first-order valence-electron chi connectivity index (χ1n) is 6.17. The molecule has 1 atom stereocenters. The van der Waals surface area contributed by atoms with E-state index in [4.69, 9.17) is 0 Å². The smallest absolute Gasteiger partial charge is 0.163 e. The minimum atomic E-state index is -0.171. The minimum Gasteiger partial charge on any atom is -0.515 e. The van der Waals surface area contributed by atoms with Crippen molar-refractivity contribution in [2.45, 2.75) is 48.0 Å². The molecular formula is C15H24O2. The van der Waals surface area contributed by atoms with Crippen LogP contribution in [0.15, 0.2) is 23.5 Å². The molecule has 1 rings (SSSR count). The number of carbonyl (C=O) groups excluding carboxylic acids is 1. The Bertz CT molecular complexity index is 373. The lowest BCUT2D eigenvalue weighted by atomic mass is 9.66. The van der Waals surface area contributed by atoms with Crippen LogP contribution < -0.4 is 0 Å². The van der Waals surface area contributed by atoms with Crippen LogP contribution in [0.25, 0.3) is 0 Å². The molecule has 0 saturated carbocycles. The highest BCUT2D eigenvalue weighted by Gasteiger charge is 2.39. The van der Waals surface area contributed by atoms with Gasteiger partial charge in [0.15, 0.2) is 5.78 Å². The lowest BCUT2D eigenvalue weighted by molar-refractivity contribution is -0.123. The predicted octanol–water partition coefficient (Wildman–Crippen LogP) is 4.04. The zero-order valence-corrected chi connectivity index (χ0v) is 11.8. The maximum Gasteiger partial charge on any atom is 0.163 e. The Balaban J connectivity index is 3.24. The highest BCUT2D eigenvalue weighted by molar-refractivity contribution is 6.00. The van der Waals surface area contributed by atoms with Crippen molar-refractivity contribution in [3.05, 3.63) is 23.5 Å². The Hall–Kier alpha value is -1.05. The zero-order chi connectivity index (χ0) is 13.4. The van der Waals surface area contributed by atoms with E-state index in [9.17, 15) is 9.90 Å². The van der Waals surface area contributed by atoms with Crippen molar-refractivity contribution in [3.63, 3.8) is 0 Å². The molecule has 0 heterocycles. The first-order valence-corrected chi connectivity index (χ1v) is 6.17. The summed E-state index contributed by atoms with van der Waals surface area (Å²) in [5.74, 6) is 0.190. The average Bonchev–Trinajstić information content (AvgIpc) is 2.14. The van der Waals surface area contributed by atoms with Crippen LogP contribution in [0, 0.1) is 16.7 Å². The Labute approximate surface area is 104 Å². The summed E-state index contributed by atoms with van der Waals surface area (Å²) in [5.41, 5.74) is 1.43. The zero-order valence-electron chi connectivity index (χ0n) is 11.8. The number of hydrogen-bond donors (Lipinski definition) is 1. The summed E-state index contributed by atoms with van der Waals surface area (Å²) in [4.78, 5) is 12.5. The molecule has 0 aromatic heterocycles. The van der Waals surface area contributed by atoms with Gasteiger partial charge in [0.2, 0.25) is 0 Å². The fourth-order valence-electron chi connectivity index (χ4n) is 2.21. The molecule has 17 heavy (non-hydrogen) atoms. The van der Waals surface area contributed by atoms with E-state index < -0.39 is 0 Å². The monoisotopic (exact) mass is 236 g/mol. The highest BCUT2D eigenvalue weighted by Crippen LogP contribution is 2.42. The van der Waals surface area contributed by atoms with E-state index in [0.29, 0.717) is 6.42 Å². The van der Waals surface area contributed by atoms with Gasteiger partial charge in [-0.2, -0.15) is 0 Å². The van der Waals surface area contributed by atoms with Crippen LogP contribution in [0.4, 0.5) is 0 Å². The van der Waals surface area contributed by atoms with Crippen molar-refractivity contribution >= 4 is 5.78 Å². The second kappa shape index (κ2) is 4.32. The van der Waals surface area contributed by atoms with Gasteiger partial charge in [0, 0.05) is 11.5 Å². The maximum absolute atomic E-state index is 12.5. The Morgan fingerprint density at radius 3 is 2.12 bits per heavy atom. The maximum atomic E-state index is 12.5. The number of ketones is 1. The molecule has 0 radical (unpaired) electrons. The molecule has 0 fully saturated rings. The number of aliphatic hydroxyl groups is 1. The Kier molecular flexibility index (Phi) is 3.56. The van der Waals surface area contributed by atoms with Crippen LogP contribution in [0.1, 0.15) is 48.0 Å². The quantitative estimate of drug-likeness (QED) is 0.645. The lowest BCUT2D eigenvalue weighted by Gasteiger charge is -2.36. The van der Waals surface area contributed by atoms with Crippen molar-refractivity contribution < 1.29 is 9.90 Å². The number of Topliss-reactive ketones (excluding diaryl/α,β-unsaturated/α-hetero) is 1. The SMILES string of the molecule is CC(C)(C)C1=CC(=CO)CC(C(C)(C)C)C1=O. The number of rotatable bonds is 0. The van der Waals surface area contributed by atoms with E-state index in [2.05, 4.69) is 20.8 Å². The molecule has 1 N–H and O–H groups in total. The van der Waals surface area contributed by atoms with Crippen molar-refractivity contribution in [1.82, 2.24) is 0 Å². The summed E-state index contributed by atoms with van der Waals surface area (Å²) in [6, 6.07) is 0. The van der Waals surface area contributed by atoms with Crippen molar-refractivity contribution in [3.8, 4) is 0 Å². The molecule has 1 aliphatic rings. The molecule has 1 unspecified atom stereocenters. The van der Waals surface area contributed by atoms with E-state index in [1.54, 1.807) is 0 Å². The van der Waals surface area contributed by atoms with Crippen molar-refractivity contribution in [2.24, 2.45) is 16.7 Å². The molecule has 0 aliphatic heterocycles. The van der Waals surface area contributed by atoms with Gasteiger partial charge in [-0.3, -0.25) is 4.79 Å². The largest absolute Gasteiger partial charge is 0.515 e. The van der Waals surface area contributed by atoms with Gasteiger partial charge in [-0.25, -0.2) is 0 Å². The van der Waals surface area contributed by atoms with E-state index in [-0.39, 0.29) is 22.5 Å². The normalized spacial score (nSPS) is 25.1. The number of carbonyl (C=O) groups is 1. The number of aliphatic hydroxyl groups excluding tert-OH is 1. The molecule has 0 amide bonds. The van der Waals surface area contributed by atoms with Crippen LogP contribution in [0.5, 0.6) is 0 Å². The molecule has 0 aromatic rings. The van der Waals surface area contributed by atoms with Crippen LogP contribution in [0.3, 0.4) is 0 Å². The van der Waals surface area contributed by atoms with Gasteiger partial charge >= 0.3 is 0 Å². The van der Waals surface area contributed by atoms with E-state index in [1.165, 1.54) is 0 Å². The molecule has 0 aromatic carbocycles. The third-order valence-electron chi connectivity index (χ3n) is 3.37. The molecule has 1 aliphatic carbocycles. The van der Waals surface area contributed by atoms with E-state index >= 15 is 0 Å².